The third-order valence-corrected chi connectivity index (χ3v) is 5.63. The summed E-state index contributed by atoms with van der Waals surface area (Å²) in [6.07, 6.45) is 3.58. The molecule has 1 saturated heterocycles. The van der Waals surface area contributed by atoms with E-state index in [0.717, 1.165) is 10.6 Å². The minimum atomic E-state index is -1.17. The summed E-state index contributed by atoms with van der Waals surface area (Å²) in [6, 6.07) is 8.20. The molecule has 0 spiro atoms. The maximum Gasteiger partial charge on any atom is 0.325 e. The van der Waals surface area contributed by atoms with Gasteiger partial charge in [-0.2, -0.15) is 10.4 Å². The summed E-state index contributed by atoms with van der Waals surface area (Å²) in [7, 11) is 1.83. The second kappa shape index (κ2) is 6.58. The van der Waals surface area contributed by atoms with Crippen molar-refractivity contribution in [3.05, 3.63) is 58.9 Å². The molecule has 1 fully saturated rings. The Balaban J connectivity index is 1.56. The monoisotopic (exact) mass is 392 g/mol. The van der Waals surface area contributed by atoms with E-state index in [9.17, 15) is 9.59 Å². The lowest BCUT2D eigenvalue weighted by atomic mass is 9.91. The maximum atomic E-state index is 13.0. The van der Waals surface area contributed by atoms with E-state index in [-0.39, 0.29) is 12.5 Å². The van der Waals surface area contributed by atoms with Gasteiger partial charge in [0.05, 0.1) is 30.1 Å². The molecule has 4 rings (SSSR count). The number of aryl methyl sites for hydroxylation is 1. The van der Waals surface area contributed by atoms with Crippen molar-refractivity contribution in [2.24, 2.45) is 7.05 Å². The summed E-state index contributed by atoms with van der Waals surface area (Å²) in [5, 5.41) is 18.4. The van der Waals surface area contributed by atoms with Crippen LogP contribution in [0.3, 0.4) is 0 Å². The number of nitrogens with one attached hydrogen (secondary N) is 1. The van der Waals surface area contributed by atoms with E-state index in [1.165, 1.54) is 16.2 Å². The summed E-state index contributed by atoms with van der Waals surface area (Å²) in [5.74, 6) is -0.349. The van der Waals surface area contributed by atoms with E-state index >= 15 is 0 Å². The van der Waals surface area contributed by atoms with Gasteiger partial charge in [-0.05, 0) is 24.6 Å². The van der Waals surface area contributed by atoms with Gasteiger partial charge in [0.15, 0.2) is 0 Å². The van der Waals surface area contributed by atoms with Crippen molar-refractivity contribution in [3.63, 3.8) is 0 Å². The lowest BCUT2D eigenvalue weighted by molar-refractivity contribution is -0.131. The van der Waals surface area contributed by atoms with Gasteiger partial charge >= 0.3 is 6.03 Å². The number of urea groups is 1. The van der Waals surface area contributed by atoms with Gasteiger partial charge in [0.25, 0.3) is 5.91 Å². The van der Waals surface area contributed by atoms with Crippen LogP contribution < -0.4 is 5.32 Å². The predicted molar refractivity (Wildman–Crippen MR) is 102 cm³/mol. The van der Waals surface area contributed by atoms with E-state index in [1.807, 2.05) is 24.7 Å². The molecule has 1 aromatic carbocycles. The quantitative estimate of drug-likeness (QED) is 0.687. The van der Waals surface area contributed by atoms with E-state index in [0.29, 0.717) is 16.8 Å². The van der Waals surface area contributed by atoms with Gasteiger partial charge in [0.1, 0.15) is 10.5 Å². The topological polar surface area (TPSA) is 104 Å². The number of amides is 3. The second-order valence-electron chi connectivity index (χ2n) is 6.68. The first-order chi connectivity index (χ1) is 13.4. The zero-order chi connectivity index (χ0) is 19.9. The molecule has 140 valence electrons. The Morgan fingerprint density at radius 2 is 2.04 bits per heavy atom. The molecule has 0 radical (unpaired) electrons. The average molecular weight is 392 g/mol. The Labute approximate surface area is 165 Å². The number of hydrogen-bond acceptors (Lipinski definition) is 6. The smallest absolute Gasteiger partial charge is 0.319 e. The molecular formula is C19H16N6O2S. The fourth-order valence-corrected chi connectivity index (χ4v) is 3.91. The molecule has 3 aromatic rings. The van der Waals surface area contributed by atoms with Crippen LogP contribution in [0.2, 0.25) is 0 Å². The van der Waals surface area contributed by atoms with E-state index in [2.05, 4.69) is 15.4 Å². The Morgan fingerprint density at radius 3 is 2.68 bits per heavy atom. The van der Waals surface area contributed by atoms with Crippen molar-refractivity contribution >= 4 is 23.3 Å². The number of imide groups is 1. The minimum Gasteiger partial charge on any atom is -0.319 e. The van der Waals surface area contributed by atoms with Gasteiger partial charge in [0, 0.05) is 24.2 Å². The molecule has 3 amide bonds. The molecule has 8 nitrogen and oxygen atoms in total. The zero-order valence-electron chi connectivity index (χ0n) is 15.2. The molecule has 1 aliphatic heterocycles. The highest BCUT2D eigenvalue weighted by Gasteiger charge is 2.49. The number of rotatable bonds is 4. The van der Waals surface area contributed by atoms with Crippen LogP contribution in [0.4, 0.5) is 4.79 Å². The van der Waals surface area contributed by atoms with Crippen LogP contribution in [0, 0.1) is 11.3 Å². The highest BCUT2D eigenvalue weighted by molar-refractivity contribution is 7.13. The Hall–Kier alpha value is -3.51. The molecule has 3 heterocycles. The minimum absolute atomic E-state index is 0.0906. The van der Waals surface area contributed by atoms with Crippen molar-refractivity contribution in [1.82, 2.24) is 25.0 Å². The first-order valence-corrected chi connectivity index (χ1v) is 9.37. The first-order valence-electron chi connectivity index (χ1n) is 8.49. The zero-order valence-corrected chi connectivity index (χ0v) is 16.0. The summed E-state index contributed by atoms with van der Waals surface area (Å²) < 4.78 is 1.69. The number of aromatic nitrogens is 3. The number of benzene rings is 1. The summed E-state index contributed by atoms with van der Waals surface area (Å²) in [5.41, 5.74) is 1.47. The fourth-order valence-electron chi connectivity index (χ4n) is 3.12. The Kier molecular flexibility index (Phi) is 4.20. The molecule has 9 heteroatoms. The van der Waals surface area contributed by atoms with Gasteiger partial charge in [0.2, 0.25) is 0 Å². The molecule has 1 atom stereocenters. The lowest BCUT2D eigenvalue weighted by Crippen LogP contribution is -2.40. The van der Waals surface area contributed by atoms with Crippen molar-refractivity contribution < 1.29 is 9.59 Å². The van der Waals surface area contributed by atoms with Gasteiger partial charge in [-0.25, -0.2) is 9.78 Å². The molecule has 28 heavy (non-hydrogen) atoms. The normalized spacial score (nSPS) is 19.0. The molecule has 1 aliphatic rings. The van der Waals surface area contributed by atoms with Crippen LogP contribution in [-0.4, -0.2) is 31.6 Å². The second-order valence-corrected chi connectivity index (χ2v) is 7.54. The number of carbonyl (C=O) groups excluding carboxylic acids is 2. The SMILES string of the molecule is Cn1cc(-c2nc(CN3C(=O)NC(C)(c4ccc(C#N)cc4)C3=O)cs2)cn1. The number of hydrogen-bond donors (Lipinski definition) is 1. The summed E-state index contributed by atoms with van der Waals surface area (Å²) in [6.45, 7) is 1.75. The number of nitrogens with zero attached hydrogens (tertiary/aromatic N) is 5. The number of thiazole rings is 1. The van der Waals surface area contributed by atoms with E-state index in [1.54, 1.807) is 42.1 Å². The predicted octanol–water partition coefficient (Wildman–Crippen LogP) is 2.38. The molecule has 0 bridgehead atoms. The van der Waals surface area contributed by atoms with Gasteiger partial charge < -0.3 is 5.32 Å². The molecule has 1 unspecified atom stereocenters. The molecule has 0 aliphatic carbocycles. The largest absolute Gasteiger partial charge is 0.325 e. The van der Waals surface area contributed by atoms with Crippen LogP contribution >= 0.6 is 11.3 Å². The number of carbonyl (C=O) groups is 2. The van der Waals surface area contributed by atoms with Crippen LogP contribution in [0.15, 0.2) is 42.0 Å². The standard InChI is InChI=1S/C19H16N6O2S/c1-19(14-5-3-12(7-20)4-6-14)17(26)25(18(27)23-19)10-15-11-28-16(22-15)13-8-21-24(2)9-13/h3-6,8-9,11H,10H2,1-2H3,(H,23,27). The molecule has 0 saturated carbocycles. The average Bonchev–Trinajstić information content (AvgIpc) is 3.38. The van der Waals surface area contributed by atoms with Crippen LogP contribution in [-0.2, 0) is 23.9 Å². The molecule has 2 aromatic heterocycles. The van der Waals surface area contributed by atoms with Gasteiger partial charge in [-0.3, -0.25) is 14.4 Å². The fraction of sp³-hybridized carbons (Fsp3) is 0.211. The highest BCUT2D eigenvalue weighted by atomic mass is 32.1. The van der Waals surface area contributed by atoms with Crippen LogP contribution in [0.1, 0.15) is 23.7 Å². The highest BCUT2D eigenvalue weighted by Crippen LogP contribution is 2.31. The van der Waals surface area contributed by atoms with Crippen LogP contribution in [0.5, 0.6) is 0 Å². The van der Waals surface area contributed by atoms with Crippen LogP contribution in [0.25, 0.3) is 10.6 Å². The van der Waals surface area contributed by atoms with Crippen molar-refractivity contribution in [2.75, 3.05) is 0 Å². The third-order valence-electron chi connectivity index (χ3n) is 4.69. The lowest BCUT2D eigenvalue weighted by Gasteiger charge is -2.22. The molecule has 1 N–H and O–H groups in total. The first kappa shape index (κ1) is 17.9. The third kappa shape index (κ3) is 2.93. The molecular weight excluding hydrogens is 376 g/mol. The van der Waals surface area contributed by atoms with Crippen molar-refractivity contribution in [2.45, 2.75) is 19.0 Å². The van der Waals surface area contributed by atoms with E-state index < -0.39 is 11.6 Å². The summed E-state index contributed by atoms with van der Waals surface area (Å²) >= 11 is 1.44. The van der Waals surface area contributed by atoms with E-state index in [4.69, 9.17) is 5.26 Å². The number of nitriles is 1. The Bertz CT molecular complexity index is 1110. The Morgan fingerprint density at radius 1 is 1.29 bits per heavy atom. The summed E-state index contributed by atoms with van der Waals surface area (Å²) in [4.78, 5) is 31.2. The van der Waals surface area contributed by atoms with Crippen molar-refractivity contribution in [3.8, 4) is 16.6 Å². The van der Waals surface area contributed by atoms with Gasteiger partial charge in [-0.15, -0.1) is 11.3 Å². The maximum absolute atomic E-state index is 13.0. The van der Waals surface area contributed by atoms with Crippen molar-refractivity contribution in [1.29, 1.82) is 5.26 Å². The van der Waals surface area contributed by atoms with Gasteiger partial charge in [-0.1, -0.05) is 12.1 Å².